The fourth-order valence-electron chi connectivity index (χ4n) is 2.10. The van der Waals surface area contributed by atoms with Crippen LogP contribution in [0.3, 0.4) is 0 Å². The molecule has 0 fully saturated rings. The van der Waals surface area contributed by atoms with Crippen LogP contribution in [0.4, 0.5) is 4.39 Å². The van der Waals surface area contributed by atoms with E-state index in [1.165, 1.54) is 22.1 Å². The van der Waals surface area contributed by atoms with Crippen LogP contribution >= 0.6 is 11.8 Å². The van der Waals surface area contributed by atoms with E-state index in [2.05, 4.69) is 44.3 Å². The first-order valence-electron chi connectivity index (χ1n) is 7.28. The van der Waals surface area contributed by atoms with Gasteiger partial charge in [0.25, 0.3) is 0 Å². The van der Waals surface area contributed by atoms with Crippen molar-refractivity contribution in [1.29, 1.82) is 0 Å². The van der Waals surface area contributed by atoms with Gasteiger partial charge >= 0.3 is 0 Å². The molecule has 0 unspecified atom stereocenters. The van der Waals surface area contributed by atoms with E-state index in [4.69, 9.17) is 0 Å². The quantitative estimate of drug-likeness (QED) is 0.803. The Morgan fingerprint density at radius 1 is 1.14 bits per heavy atom. The van der Waals surface area contributed by atoms with Gasteiger partial charge in [-0.2, -0.15) is 0 Å². The third-order valence-electron chi connectivity index (χ3n) is 3.14. The molecule has 1 N–H and O–H groups in total. The van der Waals surface area contributed by atoms with Crippen molar-refractivity contribution in [2.75, 3.05) is 6.54 Å². The van der Waals surface area contributed by atoms with Gasteiger partial charge in [-0.05, 0) is 54.8 Å². The molecule has 1 nitrogen and oxygen atoms in total. The third kappa shape index (κ3) is 5.18. The van der Waals surface area contributed by atoms with Crippen LogP contribution in [0, 0.1) is 18.7 Å². The summed E-state index contributed by atoms with van der Waals surface area (Å²) in [5, 5.41) is 3.45. The first kappa shape index (κ1) is 16.1. The van der Waals surface area contributed by atoms with Crippen LogP contribution < -0.4 is 5.32 Å². The Balaban J connectivity index is 2.02. The van der Waals surface area contributed by atoms with E-state index in [9.17, 15) is 4.39 Å². The molecule has 2 aromatic carbocycles. The fraction of sp³-hybridized carbons (Fsp3) is 0.333. The number of benzene rings is 2. The van der Waals surface area contributed by atoms with Gasteiger partial charge in [-0.3, -0.25) is 0 Å². The smallest absolute Gasteiger partial charge is 0.124 e. The average molecular weight is 303 g/mol. The van der Waals surface area contributed by atoms with Crippen molar-refractivity contribution in [3.63, 3.8) is 0 Å². The zero-order valence-corrected chi connectivity index (χ0v) is 13.6. The Bertz CT molecular complexity index is 596. The van der Waals surface area contributed by atoms with Crippen molar-refractivity contribution in [2.24, 2.45) is 5.92 Å². The summed E-state index contributed by atoms with van der Waals surface area (Å²) in [5.41, 5.74) is 2.52. The lowest BCUT2D eigenvalue weighted by Crippen LogP contribution is -2.18. The van der Waals surface area contributed by atoms with Crippen LogP contribution in [-0.4, -0.2) is 6.54 Å². The summed E-state index contributed by atoms with van der Waals surface area (Å²) in [4.78, 5) is 2.11. The first-order chi connectivity index (χ1) is 10.0. The number of hydrogen-bond donors (Lipinski definition) is 1. The second-order valence-corrected chi connectivity index (χ2v) is 6.80. The molecule has 0 bridgehead atoms. The van der Waals surface area contributed by atoms with E-state index in [0.29, 0.717) is 5.92 Å². The van der Waals surface area contributed by atoms with Gasteiger partial charge in [-0.1, -0.05) is 43.8 Å². The standard InChI is InChI=1S/C18H22FNS/c1-13(2)11-20-12-15-7-8-18(14(3)9-15)21-17-6-4-5-16(19)10-17/h4-10,13,20H,11-12H2,1-3H3. The molecule has 0 aliphatic carbocycles. The van der Waals surface area contributed by atoms with Crippen LogP contribution in [-0.2, 0) is 6.54 Å². The van der Waals surface area contributed by atoms with Gasteiger partial charge in [-0.25, -0.2) is 4.39 Å². The van der Waals surface area contributed by atoms with Crippen LogP contribution in [0.15, 0.2) is 52.3 Å². The van der Waals surface area contributed by atoms with Gasteiger partial charge in [0.15, 0.2) is 0 Å². The largest absolute Gasteiger partial charge is 0.312 e. The van der Waals surface area contributed by atoms with E-state index in [1.807, 2.05) is 6.07 Å². The predicted molar refractivity (Wildman–Crippen MR) is 88.2 cm³/mol. The molecule has 0 amide bonds. The highest BCUT2D eigenvalue weighted by Crippen LogP contribution is 2.31. The minimum atomic E-state index is -0.188. The van der Waals surface area contributed by atoms with Crippen LogP contribution in [0.1, 0.15) is 25.0 Å². The molecule has 3 heteroatoms. The monoisotopic (exact) mass is 303 g/mol. The summed E-state index contributed by atoms with van der Waals surface area (Å²) in [7, 11) is 0. The predicted octanol–water partition coefficient (Wildman–Crippen LogP) is 5.03. The Morgan fingerprint density at radius 2 is 1.95 bits per heavy atom. The Hall–Kier alpha value is -1.32. The number of aryl methyl sites for hydroxylation is 1. The van der Waals surface area contributed by atoms with Crippen molar-refractivity contribution in [2.45, 2.75) is 37.1 Å². The summed E-state index contributed by atoms with van der Waals surface area (Å²) in [5.74, 6) is 0.473. The lowest BCUT2D eigenvalue weighted by molar-refractivity contribution is 0.552. The highest BCUT2D eigenvalue weighted by Gasteiger charge is 2.04. The molecular weight excluding hydrogens is 281 g/mol. The normalized spacial score (nSPS) is 11.1. The molecule has 21 heavy (non-hydrogen) atoms. The summed E-state index contributed by atoms with van der Waals surface area (Å²) < 4.78 is 13.2. The van der Waals surface area contributed by atoms with Crippen molar-refractivity contribution in [3.05, 3.63) is 59.4 Å². The lowest BCUT2D eigenvalue weighted by atomic mass is 10.1. The van der Waals surface area contributed by atoms with Crippen molar-refractivity contribution in [3.8, 4) is 0 Å². The first-order valence-corrected chi connectivity index (χ1v) is 8.10. The van der Waals surface area contributed by atoms with Crippen molar-refractivity contribution < 1.29 is 4.39 Å². The van der Waals surface area contributed by atoms with Gasteiger partial charge in [0.05, 0.1) is 0 Å². The number of halogens is 1. The van der Waals surface area contributed by atoms with Crippen molar-refractivity contribution in [1.82, 2.24) is 5.32 Å². The molecule has 0 atom stereocenters. The Kier molecular flexibility index (Phi) is 5.83. The molecule has 0 saturated heterocycles. The van der Waals surface area contributed by atoms with Gasteiger partial charge in [-0.15, -0.1) is 0 Å². The van der Waals surface area contributed by atoms with Gasteiger partial charge in [0.1, 0.15) is 5.82 Å². The second-order valence-electron chi connectivity index (χ2n) is 5.68. The van der Waals surface area contributed by atoms with Gasteiger partial charge < -0.3 is 5.32 Å². The summed E-state index contributed by atoms with van der Waals surface area (Å²) in [6, 6.07) is 13.2. The average Bonchev–Trinajstić information content (AvgIpc) is 2.41. The zero-order chi connectivity index (χ0) is 15.2. The molecule has 0 aliphatic heterocycles. The molecule has 0 radical (unpaired) electrons. The fourth-order valence-corrected chi connectivity index (χ4v) is 3.03. The number of nitrogens with one attached hydrogen (secondary N) is 1. The van der Waals surface area contributed by atoms with Gasteiger partial charge in [0.2, 0.25) is 0 Å². The van der Waals surface area contributed by atoms with Crippen LogP contribution in [0.5, 0.6) is 0 Å². The molecule has 0 spiro atoms. The highest BCUT2D eigenvalue weighted by molar-refractivity contribution is 7.99. The molecule has 0 aromatic heterocycles. The minimum absolute atomic E-state index is 0.188. The lowest BCUT2D eigenvalue weighted by Gasteiger charge is -2.10. The summed E-state index contributed by atoms with van der Waals surface area (Å²) >= 11 is 1.61. The maximum atomic E-state index is 13.2. The maximum absolute atomic E-state index is 13.2. The Labute approximate surface area is 131 Å². The molecule has 0 heterocycles. The van der Waals surface area contributed by atoms with Crippen molar-refractivity contribution >= 4 is 11.8 Å². The SMILES string of the molecule is Cc1cc(CNCC(C)C)ccc1Sc1cccc(F)c1. The number of rotatable bonds is 6. The molecule has 112 valence electrons. The maximum Gasteiger partial charge on any atom is 0.124 e. The summed E-state index contributed by atoms with van der Waals surface area (Å²) in [6.07, 6.45) is 0. The zero-order valence-electron chi connectivity index (χ0n) is 12.8. The van der Waals surface area contributed by atoms with Crippen LogP contribution in [0.2, 0.25) is 0 Å². The molecule has 2 rings (SSSR count). The second kappa shape index (κ2) is 7.62. The van der Waals surface area contributed by atoms with E-state index < -0.39 is 0 Å². The van der Waals surface area contributed by atoms with E-state index in [1.54, 1.807) is 23.9 Å². The molecular formula is C18H22FNS. The van der Waals surface area contributed by atoms with Gasteiger partial charge in [0, 0.05) is 16.3 Å². The molecule has 0 saturated carbocycles. The van der Waals surface area contributed by atoms with E-state index >= 15 is 0 Å². The minimum Gasteiger partial charge on any atom is -0.312 e. The highest BCUT2D eigenvalue weighted by atomic mass is 32.2. The van der Waals surface area contributed by atoms with E-state index in [-0.39, 0.29) is 5.82 Å². The molecule has 2 aromatic rings. The third-order valence-corrected chi connectivity index (χ3v) is 4.31. The topological polar surface area (TPSA) is 12.0 Å². The number of hydrogen-bond acceptors (Lipinski definition) is 2. The van der Waals surface area contributed by atoms with Crippen LogP contribution in [0.25, 0.3) is 0 Å². The molecule has 0 aliphatic rings. The Morgan fingerprint density at radius 3 is 2.62 bits per heavy atom. The summed E-state index contributed by atoms with van der Waals surface area (Å²) in [6.45, 7) is 8.43. The van der Waals surface area contributed by atoms with E-state index in [0.717, 1.165) is 18.0 Å².